The molecule has 2 aromatic rings. The zero-order chi connectivity index (χ0) is 24.2. The summed E-state index contributed by atoms with van der Waals surface area (Å²) in [5, 5.41) is 29.3. The van der Waals surface area contributed by atoms with Gasteiger partial charge in [-0.15, -0.1) is 0 Å². The Labute approximate surface area is 183 Å². The van der Waals surface area contributed by atoms with Gasteiger partial charge in [-0.05, 0) is 40.7 Å². The van der Waals surface area contributed by atoms with Gasteiger partial charge in [-0.25, -0.2) is 4.79 Å². The van der Waals surface area contributed by atoms with Crippen LogP contribution in [0, 0.1) is 6.92 Å². The second-order valence-corrected chi connectivity index (χ2v) is 11.5. The average Bonchev–Trinajstić information content (AvgIpc) is 2.88. The maximum absolute atomic E-state index is 12.5. The monoisotopic (exact) mass is 473 g/mol. The highest BCUT2D eigenvalue weighted by molar-refractivity contribution is 7.54. The van der Waals surface area contributed by atoms with Crippen molar-refractivity contribution in [2.75, 3.05) is 0 Å². The number of fused-ring (bicyclic) bond motifs is 1. The van der Waals surface area contributed by atoms with Crippen LogP contribution in [-0.2, 0) is 13.8 Å². The van der Waals surface area contributed by atoms with Gasteiger partial charge >= 0.3 is 13.3 Å². The molecular formula is C19H28N3O9P. The zero-order valence-corrected chi connectivity index (χ0v) is 19.2. The van der Waals surface area contributed by atoms with E-state index in [2.05, 4.69) is 9.97 Å². The third-order valence-electron chi connectivity index (χ3n) is 5.31. The standard InChI is InChI=1S/C19H28N3O9P/c1-9-6-10-8-22(17(26)21-14(10)20-15(9)25)16-13(24)12(23)11(30-16)7-18(2,3)31-32(28,29)19(4,5)27/h6,8,11-13,16,23-24,27H,7H2,1-5H3,(H,28,29)(H,20,21,25,26)/t11-,12?,13+,16-/m1/s1. The third-order valence-corrected chi connectivity index (χ3v) is 7.43. The maximum Gasteiger partial charge on any atom is 0.359 e. The van der Waals surface area contributed by atoms with Crippen molar-refractivity contribution in [2.24, 2.45) is 0 Å². The van der Waals surface area contributed by atoms with Crippen molar-refractivity contribution >= 4 is 18.6 Å². The first kappa shape index (κ1) is 24.7. The zero-order valence-electron chi connectivity index (χ0n) is 18.3. The first-order chi connectivity index (χ1) is 14.5. The lowest BCUT2D eigenvalue weighted by Gasteiger charge is -2.34. The van der Waals surface area contributed by atoms with E-state index in [1.54, 1.807) is 6.92 Å². The van der Waals surface area contributed by atoms with Crippen molar-refractivity contribution in [1.82, 2.24) is 14.5 Å². The molecule has 178 valence electrons. The molecule has 0 radical (unpaired) electrons. The number of aryl methyl sites for hydroxylation is 1. The summed E-state index contributed by atoms with van der Waals surface area (Å²) >= 11 is 0. The fourth-order valence-electron chi connectivity index (χ4n) is 3.47. The van der Waals surface area contributed by atoms with Gasteiger partial charge in [0.25, 0.3) is 5.56 Å². The van der Waals surface area contributed by atoms with Crippen molar-refractivity contribution in [1.29, 1.82) is 0 Å². The number of hydrogen-bond donors (Lipinski definition) is 5. The van der Waals surface area contributed by atoms with Gasteiger partial charge in [-0.3, -0.25) is 13.9 Å². The molecule has 1 aliphatic rings. The van der Waals surface area contributed by atoms with Crippen LogP contribution in [0.5, 0.6) is 0 Å². The van der Waals surface area contributed by atoms with E-state index in [4.69, 9.17) is 9.26 Å². The summed E-state index contributed by atoms with van der Waals surface area (Å²) in [6.45, 7) is 6.81. The summed E-state index contributed by atoms with van der Waals surface area (Å²) in [5.41, 5.74) is -2.07. The molecule has 13 heteroatoms. The summed E-state index contributed by atoms with van der Waals surface area (Å²) in [6, 6.07) is 1.53. The number of aliphatic hydroxyl groups excluding tert-OH is 2. The summed E-state index contributed by atoms with van der Waals surface area (Å²) in [7, 11) is -4.45. The van der Waals surface area contributed by atoms with Gasteiger partial charge < -0.3 is 34.5 Å². The van der Waals surface area contributed by atoms with Crippen LogP contribution in [0.2, 0.25) is 0 Å². The van der Waals surface area contributed by atoms with Crippen LogP contribution in [0.3, 0.4) is 0 Å². The number of nitrogens with zero attached hydrogens (tertiary/aromatic N) is 2. The van der Waals surface area contributed by atoms with Gasteiger partial charge in [0, 0.05) is 23.6 Å². The minimum Gasteiger partial charge on any atom is -0.388 e. The highest BCUT2D eigenvalue weighted by atomic mass is 31.2. The molecule has 0 saturated carbocycles. The molecule has 0 aliphatic carbocycles. The molecule has 1 saturated heterocycles. The van der Waals surface area contributed by atoms with Gasteiger partial charge in [0.1, 0.15) is 17.9 Å². The van der Waals surface area contributed by atoms with Gasteiger partial charge in [0.05, 0.1) is 11.7 Å². The van der Waals surface area contributed by atoms with Crippen molar-refractivity contribution in [3.8, 4) is 0 Å². The smallest absolute Gasteiger partial charge is 0.359 e. The van der Waals surface area contributed by atoms with Crippen LogP contribution in [0.4, 0.5) is 0 Å². The fourth-order valence-corrected chi connectivity index (χ4v) is 4.44. The van der Waals surface area contributed by atoms with E-state index in [0.717, 1.165) is 18.4 Å². The molecule has 5 atom stereocenters. The van der Waals surface area contributed by atoms with Crippen LogP contribution in [0.1, 0.15) is 45.9 Å². The topological polar surface area (TPSA) is 184 Å². The number of nitrogens with one attached hydrogen (secondary N) is 1. The molecule has 2 unspecified atom stereocenters. The fraction of sp³-hybridized carbons (Fsp3) is 0.632. The van der Waals surface area contributed by atoms with Gasteiger partial charge in [0.2, 0.25) is 0 Å². The molecule has 5 N–H and O–H groups in total. The Morgan fingerprint density at radius 3 is 2.47 bits per heavy atom. The molecule has 0 aromatic carbocycles. The summed E-state index contributed by atoms with van der Waals surface area (Å²) in [4.78, 5) is 40.6. The Morgan fingerprint density at radius 2 is 1.88 bits per heavy atom. The number of aliphatic hydroxyl groups is 3. The first-order valence-electron chi connectivity index (χ1n) is 9.93. The quantitative estimate of drug-likeness (QED) is 0.361. The van der Waals surface area contributed by atoms with Gasteiger partial charge in [-0.2, -0.15) is 4.98 Å². The molecule has 3 heterocycles. The van der Waals surface area contributed by atoms with Crippen LogP contribution in [-0.4, -0.2) is 64.0 Å². The Hall–Kier alpha value is -1.92. The van der Waals surface area contributed by atoms with E-state index < -0.39 is 48.8 Å². The molecule has 1 aliphatic heterocycles. The Bertz CT molecular complexity index is 1180. The highest BCUT2D eigenvalue weighted by Gasteiger charge is 2.49. The first-order valence-corrected chi connectivity index (χ1v) is 11.5. The molecule has 0 spiro atoms. The molecule has 32 heavy (non-hydrogen) atoms. The molecule has 1 fully saturated rings. The number of ether oxygens (including phenoxy) is 1. The van der Waals surface area contributed by atoms with E-state index in [9.17, 15) is 34.4 Å². The van der Waals surface area contributed by atoms with Crippen LogP contribution in [0.25, 0.3) is 11.0 Å². The number of pyridine rings is 1. The minimum absolute atomic E-state index is 0.0753. The van der Waals surface area contributed by atoms with Gasteiger partial charge in [0.15, 0.2) is 11.6 Å². The number of hydrogen-bond acceptors (Lipinski definition) is 9. The lowest BCUT2D eigenvalue weighted by atomic mass is 9.97. The van der Waals surface area contributed by atoms with E-state index in [1.807, 2.05) is 0 Å². The van der Waals surface area contributed by atoms with E-state index in [0.29, 0.717) is 10.9 Å². The Morgan fingerprint density at radius 1 is 1.25 bits per heavy atom. The number of rotatable bonds is 6. The lowest BCUT2D eigenvalue weighted by molar-refractivity contribution is -0.0657. The predicted molar refractivity (Wildman–Crippen MR) is 113 cm³/mol. The normalized spacial score (nSPS) is 26.4. The molecule has 3 rings (SSSR count). The van der Waals surface area contributed by atoms with E-state index in [1.165, 1.54) is 26.1 Å². The average molecular weight is 473 g/mol. The summed E-state index contributed by atoms with van der Waals surface area (Å²) in [6.07, 6.45) is -4.09. The van der Waals surface area contributed by atoms with Crippen molar-refractivity contribution in [3.05, 3.63) is 38.7 Å². The molecule has 0 bridgehead atoms. The van der Waals surface area contributed by atoms with E-state index >= 15 is 0 Å². The number of aromatic nitrogens is 3. The van der Waals surface area contributed by atoms with Crippen LogP contribution >= 0.6 is 7.60 Å². The van der Waals surface area contributed by atoms with Crippen molar-refractivity contribution < 1.29 is 34.0 Å². The van der Waals surface area contributed by atoms with Crippen molar-refractivity contribution in [2.45, 2.75) is 76.5 Å². The Balaban J connectivity index is 1.87. The molecule has 12 nitrogen and oxygen atoms in total. The SMILES string of the molecule is Cc1cc2cn([C@@H]3O[C@H](CC(C)(C)OP(=O)(O)C(C)(C)O)C(O)[C@@H]3O)c(=O)nc2[nH]c1=O. The van der Waals surface area contributed by atoms with Crippen LogP contribution in [0.15, 0.2) is 21.9 Å². The molecule has 2 aromatic heterocycles. The van der Waals surface area contributed by atoms with E-state index in [-0.39, 0.29) is 17.6 Å². The minimum atomic E-state index is -4.45. The maximum atomic E-state index is 12.5. The summed E-state index contributed by atoms with van der Waals surface area (Å²) < 4.78 is 24.3. The summed E-state index contributed by atoms with van der Waals surface area (Å²) in [5.74, 6) is 0. The molecular weight excluding hydrogens is 445 g/mol. The molecule has 0 amide bonds. The number of aromatic amines is 1. The Kier molecular flexibility index (Phi) is 6.29. The van der Waals surface area contributed by atoms with Crippen LogP contribution < -0.4 is 11.2 Å². The van der Waals surface area contributed by atoms with Gasteiger partial charge in [-0.1, -0.05) is 0 Å². The third kappa shape index (κ3) is 4.72. The van der Waals surface area contributed by atoms with Crippen molar-refractivity contribution in [3.63, 3.8) is 0 Å². The largest absolute Gasteiger partial charge is 0.388 e. The predicted octanol–water partition coefficient (Wildman–Crippen LogP) is 0.112. The second-order valence-electron chi connectivity index (χ2n) is 9.13. The second kappa shape index (κ2) is 8.14. The number of H-pyrrole nitrogens is 1. The highest BCUT2D eigenvalue weighted by Crippen LogP contribution is 2.57. The lowest BCUT2D eigenvalue weighted by Crippen LogP contribution is -2.38.